The van der Waals surface area contributed by atoms with Crippen LogP contribution in [0.2, 0.25) is 0 Å². The number of hydrogen-bond acceptors (Lipinski definition) is 4. The molecule has 0 aromatic rings. The van der Waals surface area contributed by atoms with E-state index in [4.69, 9.17) is 9.05 Å². The molecule has 0 aliphatic heterocycles. The molecule has 17 heavy (non-hydrogen) atoms. The summed E-state index contributed by atoms with van der Waals surface area (Å²) in [6, 6.07) is 0. The molecule has 6 heteroatoms. The molecule has 0 saturated heterocycles. The number of carbonyl (C=O) groups excluding carboxylic acids is 2. The van der Waals surface area contributed by atoms with E-state index in [1.807, 2.05) is 0 Å². The van der Waals surface area contributed by atoms with Gasteiger partial charge < -0.3 is 14.4 Å². The molecule has 0 spiro atoms. The molecular weight excluding hydrogens is 241 g/mol. The van der Waals surface area contributed by atoms with Crippen molar-refractivity contribution in [3.05, 3.63) is 12.7 Å². The van der Waals surface area contributed by atoms with Crippen molar-refractivity contribution in [3.8, 4) is 0 Å². The Labute approximate surface area is 102 Å². The molecule has 5 nitrogen and oxygen atoms in total. The third-order valence-electron chi connectivity index (χ3n) is 2.58. The van der Waals surface area contributed by atoms with E-state index < -0.39 is 12.6 Å². The number of ketones is 1. The van der Waals surface area contributed by atoms with Crippen LogP contribution in [-0.4, -0.2) is 37.5 Å². The second kappa shape index (κ2) is 6.15. The summed E-state index contributed by atoms with van der Waals surface area (Å²) in [6.07, 6.45) is 5.60. The second-order valence-electron chi connectivity index (χ2n) is 3.63. The van der Waals surface area contributed by atoms with E-state index in [0.717, 1.165) is 0 Å². The first-order chi connectivity index (χ1) is 7.79. The van der Waals surface area contributed by atoms with Gasteiger partial charge in [-0.3, -0.25) is 9.59 Å². The fourth-order valence-electron chi connectivity index (χ4n) is 1.63. The molecule has 0 aromatic carbocycles. The Hall–Kier alpha value is -0.900. The summed E-state index contributed by atoms with van der Waals surface area (Å²) in [5.41, 5.74) is 0. The topological polar surface area (TPSA) is 64.6 Å². The van der Waals surface area contributed by atoms with Crippen LogP contribution >= 0.6 is 7.34 Å². The summed E-state index contributed by atoms with van der Waals surface area (Å²) < 4.78 is 10.5. The average Bonchev–Trinajstić information content (AvgIpc) is 2.26. The minimum atomic E-state index is -2.80. The summed E-state index contributed by atoms with van der Waals surface area (Å²) in [7, 11) is 0.0176. The van der Waals surface area contributed by atoms with Crippen molar-refractivity contribution in [2.45, 2.75) is 25.5 Å². The molecule has 0 aliphatic rings. The SMILES string of the molecule is C=CC[C@@](NC(C)=O)(C(C)=O)P(=C)(OC)OC. The molecule has 0 aliphatic carbocycles. The van der Waals surface area contributed by atoms with E-state index in [1.54, 1.807) is 0 Å². The largest absolute Gasteiger partial charge is 0.339 e. The van der Waals surface area contributed by atoms with Crippen molar-refractivity contribution in [2.75, 3.05) is 14.2 Å². The molecule has 0 radical (unpaired) electrons. The first-order valence-electron chi connectivity index (χ1n) is 5.05. The van der Waals surface area contributed by atoms with Crippen LogP contribution in [0, 0.1) is 0 Å². The van der Waals surface area contributed by atoms with Gasteiger partial charge in [-0.15, -0.1) is 6.58 Å². The molecule has 98 valence electrons. The number of nitrogens with one attached hydrogen (secondary N) is 1. The summed E-state index contributed by atoms with van der Waals surface area (Å²) in [4.78, 5) is 23.2. The zero-order chi connectivity index (χ0) is 13.7. The average molecular weight is 261 g/mol. The van der Waals surface area contributed by atoms with Crippen LogP contribution in [-0.2, 0) is 18.6 Å². The van der Waals surface area contributed by atoms with E-state index in [0.29, 0.717) is 0 Å². The van der Waals surface area contributed by atoms with Crippen LogP contribution in [0.1, 0.15) is 20.3 Å². The number of carbonyl (C=O) groups is 2. The van der Waals surface area contributed by atoms with E-state index >= 15 is 0 Å². The molecule has 0 aromatic heterocycles. The van der Waals surface area contributed by atoms with Gasteiger partial charge in [0.25, 0.3) is 0 Å². The Morgan fingerprint density at radius 3 is 2.06 bits per heavy atom. The molecular formula is C11H20NO4P. The van der Waals surface area contributed by atoms with Crippen LogP contribution < -0.4 is 5.32 Å². The molecule has 1 N–H and O–H groups in total. The molecule has 1 atom stereocenters. The smallest absolute Gasteiger partial charge is 0.218 e. The first kappa shape index (κ1) is 16.1. The third-order valence-corrected chi connectivity index (χ3v) is 5.53. The first-order valence-corrected chi connectivity index (χ1v) is 6.86. The molecule has 0 bridgehead atoms. The Bertz CT molecular complexity index is 358. The lowest BCUT2D eigenvalue weighted by atomic mass is 10.1. The molecule has 1 amide bonds. The van der Waals surface area contributed by atoms with Crippen LogP contribution in [0.3, 0.4) is 0 Å². The number of rotatable bonds is 7. The van der Waals surface area contributed by atoms with Gasteiger partial charge in [-0.1, -0.05) is 6.08 Å². The fraction of sp³-hybridized carbons (Fsp3) is 0.545. The Balaban J connectivity index is 5.76. The Morgan fingerprint density at radius 2 is 1.82 bits per heavy atom. The van der Waals surface area contributed by atoms with E-state index in [1.165, 1.54) is 34.1 Å². The van der Waals surface area contributed by atoms with Crippen LogP contribution in [0.15, 0.2) is 12.7 Å². The summed E-state index contributed by atoms with van der Waals surface area (Å²) >= 11 is 0. The van der Waals surface area contributed by atoms with E-state index in [2.05, 4.69) is 18.2 Å². The predicted molar refractivity (Wildman–Crippen MR) is 70.1 cm³/mol. The van der Waals surface area contributed by atoms with Gasteiger partial charge in [-0.05, 0) is 13.2 Å². The minimum Gasteiger partial charge on any atom is -0.339 e. The standard InChI is InChI=1S/C11H20NO4P/c1-7-8-11(9(2)13,12-10(3)14)17(6,15-4)16-5/h7H,1,6,8H2,2-5H3,(H,12,14)/t11-/m0/s1. The van der Waals surface area contributed by atoms with Crippen LogP contribution in [0.4, 0.5) is 0 Å². The lowest BCUT2D eigenvalue weighted by Crippen LogP contribution is -2.53. The van der Waals surface area contributed by atoms with Crippen molar-refractivity contribution in [1.29, 1.82) is 0 Å². The number of amides is 1. The minimum absolute atomic E-state index is 0.209. The zero-order valence-corrected chi connectivity index (χ0v) is 11.7. The van der Waals surface area contributed by atoms with Crippen LogP contribution in [0.5, 0.6) is 0 Å². The number of hydrogen-bond donors (Lipinski definition) is 1. The van der Waals surface area contributed by atoms with Crippen molar-refractivity contribution < 1.29 is 18.6 Å². The van der Waals surface area contributed by atoms with Gasteiger partial charge in [0, 0.05) is 27.6 Å². The van der Waals surface area contributed by atoms with E-state index in [9.17, 15) is 9.59 Å². The van der Waals surface area contributed by atoms with Gasteiger partial charge in [-0.25, -0.2) is 0 Å². The zero-order valence-electron chi connectivity index (χ0n) is 10.8. The summed E-state index contributed by atoms with van der Waals surface area (Å²) in [5, 5.41) is 1.34. The fourth-order valence-corrected chi connectivity index (χ4v) is 3.62. The van der Waals surface area contributed by atoms with Crippen molar-refractivity contribution in [2.24, 2.45) is 0 Å². The molecule has 0 saturated carbocycles. The highest BCUT2D eigenvalue weighted by molar-refractivity contribution is 7.67. The normalized spacial score (nSPS) is 14.8. The lowest BCUT2D eigenvalue weighted by molar-refractivity contribution is -0.127. The maximum atomic E-state index is 11.9. The Kier molecular flexibility index (Phi) is 5.82. The van der Waals surface area contributed by atoms with Gasteiger partial charge in [0.2, 0.25) is 5.91 Å². The molecule has 0 fully saturated rings. The monoisotopic (exact) mass is 261 g/mol. The maximum absolute atomic E-state index is 11.9. The number of Topliss-reactive ketones (excluding diaryl/α,β-unsaturated/α-hetero) is 1. The predicted octanol–water partition coefficient (Wildman–Crippen LogP) is 1.56. The van der Waals surface area contributed by atoms with Gasteiger partial charge in [-0.2, -0.15) is 0 Å². The summed E-state index contributed by atoms with van der Waals surface area (Å²) in [6.45, 7) is 6.29. The highest BCUT2D eigenvalue weighted by atomic mass is 31.2. The third kappa shape index (κ3) is 3.06. The molecule has 0 unspecified atom stereocenters. The van der Waals surface area contributed by atoms with Gasteiger partial charge in [0.1, 0.15) is 7.34 Å². The lowest BCUT2D eigenvalue weighted by Gasteiger charge is -2.40. The summed E-state index contributed by atoms with van der Waals surface area (Å²) in [5.74, 6) is -0.608. The van der Waals surface area contributed by atoms with Crippen molar-refractivity contribution >= 4 is 25.3 Å². The van der Waals surface area contributed by atoms with E-state index in [-0.39, 0.29) is 18.1 Å². The Morgan fingerprint density at radius 1 is 1.35 bits per heavy atom. The van der Waals surface area contributed by atoms with Gasteiger partial charge >= 0.3 is 0 Å². The molecule has 0 rings (SSSR count). The van der Waals surface area contributed by atoms with Gasteiger partial charge in [0.15, 0.2) is 11.1 Å². The highest BCUT2D eigenvalue weighted by Crippen LogP contribution is 2.59. The highest BCUT2D eigenvalue weighted by Gasteiger charge is 2.48. The van der Waals surface area contributed by atoms with Crippen LogP contribution in [0.25, 0.3) is 0 Å². The van der Waals surface area contributed by atoms with Crippen molar-refractivity contribution in [1.82, 2.24) is 5.32 Å². The van der Waals surface area contributed by atoms with Gasteiger partial charge in [0.05, 0.1) is 0 Å². The second-order valence-corrected chi connectivity index (χ2v) is 6.47. The van der Waals surface area contributed by atoms with Crippen molar-refractivity contribution in [3.63, 3.8) is 0 Å². The molecule has 0 heterocycles. The quantitative estimate of drug-likeness (QED) is 0.558. The maximum Gasteiger partial charge on any atom is 0.218 e.